The van der Waals surface area contributed by atoms with Crippen molar-refractivity contribution in [1.82, 2.24) is 9.55 Å². The van der Waals surface area contributed by atoms with Gasteiger partial charge in [-0.1, -0.05) is 33.8 Å². The molecule has 0 atom stereocenters. The lowest BCUT2D eigenvalue weighted by molar-refractivity contribution is -0.113. The number of rotatable bonds is 6. The fourth-order valence-electron chi connectivity index (χ4n) is 4.13. The lowest BCUT2D eigenvalue weighted by Crippen LogP contribution is -2.23. The third kappa shape index (κ3) is 4.64. The van der Waals surface area contributed by atoms with Crippen LogP contribution in [0.2, 0.25) is 0 Å². The fourth-order valence-corrected chi connectivity index (χ4v) is 6.51. The number of carbonyl (C=O) groups excluding carboxylic acids is 1. The number of ether oxygens (including phenoxy) is 1. The van der Waals surface area contributed by atoms with Gasteiger partial charge in [0.2, 0.25) is 5.91 Å². The van der Waals surface area contributed by atoms with Gasteiger partial charge in [-0.3, -0.25) is 14.2 Å². The summed E-state index contributed by atoms with van der Waals surface area (Å²) in [5, 5.41) is 4.13. The quantitative estimate of drug-likeness (QED) is 0.239. The highest BCUT2D eigenvalue weighted by molar-refractivity contribution is 9.10. The Labute approximate surface area is 213 Å². The first-order chi connectivity index (χ1) is 16.5. The van der Waals surface area contributed by atoms with Crippen LogP contribution in [0.5, 0.6) is 5.75 Å². The molecular formula is C25H22BrN3O3S2. The van der Waals surface area contributed by atoms with Gasteiger partial charge in [-0.2, -0.15) is 0 Å². The number of hydrogen-bond donors (Lipinski definition) is 1. The minimum atomic E-state index is -0.180. The molecule has 1 amide bonds. The smallest absolute Gasteiger partial charge is 0.267 e. The van der Waals surface area contributed by atoms with Crippen molar-refractivity contribution in [2.24, 2.45) is 0 Å². The Hall–Kier alpha value is -2.62. The van der Waals surface area contributed by atoms with Crippen LogP contribution in [-0.2, 0) is 17.6 Å². The second-order valence-corrected chi connectivity index (χ2v) is 10.9. The molecule has 0 spiro atoms. The number of benzene rings is 2. The number of anilines is 1. The number of nitrogens with zero attached hydrogens (tertiary/aromatic N) is 2. The zero-order chi connectivity index (χ0) is 23.7. The number of aromatic nitrogens is 2. The maximum Gasteiger partial charge on any atom is 0.267 e. The molecule has 0 aliphatic heterocycles. The van der Waals surface area contributed by atoms with Gasteiger partial charge in [-0.05, 0) is 67.6 Å². The van der Waals surface area contributed by atoms with Crippen molar-refractivity contribution in [3.8, 4) is 11.4 Å². The highest BCUT2D eigenvalue weighted by Gasteiger charge is 2.23. The Morgan fingerprint density at radius 3 is 2.79 bits per heavy atom. The van der Waals surface area contributed by atoms with Gasteiger partial charge in [0.1, 0.15) is 10.6 Å². The van der Waals surface area contributed by atoms with Gasteiger partial charge in [-0.25, -0.2) is 4.98 Å². The van der Waals surface area contributed by atoms with E-state index in [-0.39, 0.29) is 17.2 Å². The number of nitrogens with one attached hydrogen (secondary N) is 1. The first-order valence-corrected chi connectivity index (χ1v) is 13.5. The normalized spacial score (nSPS) is 13.0. The van der Waals surface area contributed by atoms with Crippen LogP contribution in [0.25, 0.3) is 15.9 Å². The van der Waals surface area contributed by atoms with Crippen LogP contribution in [0.4, 0.5) is 5.69 Å². The molecule has 9 heteroatoms. The van der Waals surface area contributed by atoms with Crippen LogP contribution < -0.4 is 15.6 Å². The van der Waals surface area contributed by atoms with Crippen LogP contribution in [0, 0.1) is 0 Å². The van der Waals surface area contributed by atoms with Gasteiger partial charge in [-0.15, -0.1) is 11.3 Å². The van der Waals surface area contributed by atoms with Crippen LogP contribution >= 0.6 is 39.0 Å². The molecule has 34 heavy (non-hydrogen) atoms. The molecule has 2 heterocycles. The minimum Gasteiger partial charge on any atom is -0.497 e. The maximum atomic E-state index is 13.8. The number of amides is 1. The van der Waals surface area contributed by atoms with E-state index in [9.17, 15) is 9.59 Å². The summed E-state index contributed by atoms with van der Waals surface area (Å²) in [7, 11) is 1.59. The van der Waals surface area contributed by atoms with Crippen molar-refractivity contribution in [3.63, 3.8) is 0 Å². The van der Waals surface area contributed by atoms with E-state index in [0.717, 1.165) is 51.6 Å². The number of thiophene rings is 1. The Morgan fingerprint density at radius 1 is 1.21 bits per heavy atom. The number of aryl methyl sites for hydroxylation is 2. The number of thioether (sulfide) groups is 1. The summed E-state index contributed by atoms with van der Waals surface area (Å²) in [5.74, 6) is 0.611. The molecule has 5 rings (SSSR count). The highest BCUT2D eigenvalue weighted by Crippen LogP contribution is 2.35. The van der Waals surface area contributed by atoms with E-state index >= 15 is 0 Å². The topological polar surface area (TPSA) is 73.2 Å². The van der Waals surface area contributed by atoms with Crippen LogP contribution in [0.1, 0.15) is 23.3 Å². The fraction of sp³-hybridized carbons (Fsp3) is 0.240. The van der Waals surface area contributed by atoms with Crippen LogP contribution in [-0.4, -0.2) is 28.3 Å². The van der Waals surface area contributed by atoms with E-state index in [4.69, 9.17) is 9.72 Å². The summed E-state index contributed by atoms with van der Waals surface area (Å²) in [4.78, 5) is 33.4. The van der Waals surface area contributed by atoms with Gasteiger partial charge < -0.3 is 10.1 Å². The molecule has 0 saturated carbocycles. The Bertz CT molecular complexity index is 1430. The first kappa shape index (κ1) is 23.1. The third-order valence-electron chi connectivity index (χ3n) is 5.73. The molecule has 6 nitrogen and oxygen atoms in total. The number of halogens is 1. The third-order valence-corrected chi connectivity index (χ3v) is 8.38. The van der Waals surface area contributed by atoms with Gasteiger partial charge >= 0.3 is 0 Å². The van der Waals surface area contributed by atoms with E-state index in [1.165, 1.54) is 16.6 Å². The number of carbonyl (C=O) groups is 1. The Kier molecular flexibility index (Phi) is 6.76. The van der Waals surface area contributed by atoms with Crippen molar-refractivity contribution in [2.75, 3.05) is 18.2 Å². The van der Waals surface area contributed by atoms with E-state index < -0.39 is 0 Å². The summed E-state index contributed by atoms with van der Waals surface area (Å²) in [6.07, 6.45) is 4.16. The second kappa shape index (κ2) is 9.93. The predicted octanol–water partition coefficient (Wildman–Crippen LogP) is 5.83. The molecular weight excluding hydrogens is 534 g/mol. The Balaban J connectivity index is 1.50. The lowest BCUT2D eigenvalue weighted by atomic mass is 9.97. The van der Waals surface area contributed by atoms with Gasteiger partial charge in [0, 0.05) is 21.1 Å². The summed E-state index contributed by atoms with van der Waals surface area (Å²) in [5.41, 5.74) is 2.48. The van der Waals surface area contributed by atoms with Crippen LogP contribution in [0.3, 0.4) is 0 Å². The SMILES string of the molecule is COc1cccc(NC(=O)CSc2nc3sc4c(c3c(=O)n2-c2ccc(Br)cc2)CCCC4)c1. The van der Waals surface area contributed by atoms with Crippen LogP contribution in [0.15, 0.2) is 63.0 Å². The molecule has 174 valence electrons. The maximum absolute atomic E-state index is 13.8. The van der Waals surface area contributed by atoms with Crippen molar-refractivity contribution < 1.29 is 9.53 Å². The van der Waals surface area contributed by atoms with E-state index in [0.29, 0.717) is 16.6 Å². The highest BCUT2D eigenvalue weighted by atomic mass is 79.9. The van der Waals surface area contributed by atoms with Crippen molar-refractivity contribution in [1.29, 1.82) is 0 Å². The zero-order valence-electron chi connectivity index (χ0n) is 18.5. The van der Waals surface area contributed by atoms with E-state index in [1.54, 1.807) is 29.1 Å². The van der Waals surface area contributed by atoms with E-state index in [2.05, 4.69) is 21.2 Å². The molecule has 0 saturated heterocycles. The van der Waals surface area contributed by atoms with Gasteiger partial charge in [0.05, 0.1) is 23.9 Å². The standard InChI is InChI=1S/C25H22BrN3O3S2/c1-32-18-6-4-5-16(13-18)27-21(30)14-33-25-28-23-22(19-7-2-3-8-20(19)34-23)24(31)29(25)17-11-9-15(26)10-12-17/h4-6,9-13H,2-3,7-8,14H2,1H3,(H,27,30). The molecule has 0 unspecified atom stereocenters. The number of fused-ring (bicyclic) bond motifs is 3. The lowest BCUT2D eigenvalue weighted by Gasteiger charge is -2.14. The zero-order valence-corrected chi connectivity index (χ0v) is 21.7. The molecule has 1 N–H and O–H groups in total. The summed E-state index contributed by atoms with van der Waals surface area (Å²) in [6, 6.07) is 14.8. The molecule has 4 aromatic rings. The molecule has 1 aliphatic rings. The van der Waals surface area contributed by atoms with Crippen molar-refractivity contribution in [2.45, 2.75) is 30.8 Å². The first-order valence-electron chi connectivity index (χ1n) is 10.9. The van der Waals surface area contributed by atoms with Crippen molar-refractivity contribution in [3.05, 3.63) is 73.8 Å². The number of hydrogen-bond acceptors (Lipinski definition) is 6. The molecule has 0 fully saturated rings. The Morgan fingerprint density at radius 2 is 2.00 bits per heavy atom. The molecule has 0 radical (unpaired) electrons. The second-order valence-electron chi connectivity index (χ2n) is 7.97. The molecule has 2 aromatic heterocycles. The van der Waals surface area contributed by atoms with E-state index in [1.807, 2.05) is 42.5 Å². The van der Waals surface area contributed by atoms with Gasteiger partial charge in [0.15, 0.2) is 5.16 Å². The largest absolute Gasteiger partial charge is 0.497 e. The molecule has 0 bridgehead atoms. The average molecular weight is 557 g/mol. The minimum absolute atomic E-state index is 0.0672. The monoisotopic (exact) mass is 555 g/mol. The summed E-state index contributed by atoms with van der Waals surface area (Å²) >= 11 is 6.34. The van der Waals surface area contributed by atoms with Gasteiger partial charge in [0.25, 0.3) is 5.56 Å². The molecule has 2 aromatic carbocycles. The molecule has 1 aliphatic carbocycles. The number of methoxy groups -OCH3 is 1. The summed E-state index contributed by atoms with van der Waals surface area (Å²) < 4.78 is 7.79. The predicted molar refractivity (Wildman–Crippen MR) is 142 cm³/mol. The van der Waals surface area contributed by atoms with Crippen molar-refractivity contribution >= 4 is 60.8 Å². The average Bonchev–Trinajstić information content (AvgIpc) is 3.22. The summed E-state index contributed by atoms with van der Waals surface area (Å²) in [6.45, 7) is 0.